The third-order valence-corrected chi connectivity index (χ3v) is 2.66. The van der Waals surface area contributed by atoms with Crippen LogP contribution in [0.4, 0.5) is 0 Å². The lowest BCUT2D eigenvalue weighted by atomic mass is 9.99. The van der Waals surface area contributed by atoms with E-state index in [4.69, 9.17) is 4.55 Å². The highest BCUT2D eigenvalue weighted by Gasteiger charge is 2.22. The first-order chi connectivity index (χ1) is 6.47. The van der Waals surface area contributed by atoms with Gasteiger partial charge in [0.05, 0.1) is 4.91 Å². The smallest absolute Gasteiger partial charge is 0.282 e. The molecule has 0 aromatic carbocycles. The molecule has 0 aromatic heterocycles. The molecular formula is C8H6O5S. The maximum atomic E-state index is 10.7. The normalized spacial score (nSPS) is 17.1. The van der Waals surface area contributed by atoms with Crippen molar-refractivity contribution in [2.75, 3.05) is 0 Å². The molecule has 74 valence electrons. The molecule has 0 radical (unpaired) electrons. The summed E-state index contributed by atoms with van der Waals surface area (Å²) in [5.41, 5.74) is 0.126. The summed E-state index contributed by atoms with van der Waals surface area (Å²) >= 11 is 0. The third kappa shape index (κ3) is 2.28. The fourth-order valence-corrected chi connectivity index (χ4v) is 1.75. The third-order valence-electron chi connectivity index (χ3n) is 1.73. The number of hydrogen-bond donors (Lipinski definition) is 1. The first-order valence-electron chi connectivity index (χ1n) is 3.62. The van der Waals surface area contributed by atoms with Crippen LogP contribution in [0.25, 0.3) is 0 Å². The molecule has 0 amide bonds. The monoisotopic (exact) mass is 214 g/mol. The van der Waals surface area contributed by atoms with E-state index in [1.165, 1.54) is 11.9 Å². The highest BCUT2D eigenvalue weighted by atomic mass is 32.2. The van der Waals surface area contributed by atoms with Crippen molar-refractivity contribution in [1.82, 2.24) is 0 Å². The summed E-state index contributed by atoms with van der Waals surface area (Å²) < 4.78 is 30.1. The van der Waals surface area contributed by atoms with Crippen molar-refractivity contribution >= 4 is 22.0 Å². The second-order valence-corrected chi connectivity index (χ2v) is 4.25. The fraction of sp³-hybridized carbons (Fsp3) is 0.250. The van der Waals surface area contributed by atoms with Crippen molar-refractivity contribution in [3.05, 3.63) is 22.1 Å². The van der Waals surface area contributed by atoms with Crippen molar-refractivity contribution in [2.45, 2.75) is 12.8 Å². The van der Waals surface area contributed by atoms with Crippen LogP contribution in [0.2, 0.25) is 0 Å². The Bertz CT molecular complexity index is 484. The van der Waals surface area contributed by atoms with Gasteiger partial charge < -0.3 is 0 Å². The van der Waals surface area contributed by atoms with Crippen LogP contribution in [0.1, 0.15) is 12.8 Å². The molecule has 6 heteroatoms. The molecule has 0 aromatic rings. The molecule has 0 aliphatic heterocycles. The van der Waals surface area contributed by atoms with Crippen LogP contribution in [0, 0.1) is 0 Å². The summed E-state index contributed by atoms with van der Waals surface area (Å²) in [4.78, 5) is 20.2. The van der Waals surface area contributed by atoms with Crippen molar-refractivity contribution in [2.24, 2.45) is 0 Å². The standard InChI is InChI=1S/C8H6O5S/c9-4-6-1-7(5-10)3-8(2-6)14(11,12)13/h2H,1,3H2,(H,11,12,13). The molecule has 0 bridgehead atoms. The summed E-state index contributed by atoms with van der Waals surface area (Å²) in [7, 11) is -4.35. The van der Waals surface area contributed by atoms with Gasteiger partial charge in [0.1, 0.15) is 11.9 Å². The number of allylic oxidation sites excluding steroid dienone is 4. The summed E-state index contributed by atoms with van der Waals surface area (Å²) in [5.74, 6) is 3.01. The van der Waals surface area contributed by atoms with Gasteiger partial charge in [0, 0.05) is 24.0 Å². The van der Waals surface area contributed by atoms with E-state index in [1.807, 2.05) is 0 Å². The highest BCUT2D eigenvalue weighted by molar-refractivity contribution is 7.89. The zero-order chi connectivity index (χ0) is 10.8. The molecule has 0 spiro atoms. The van der Waals surface area contributed by atoms with Gasteiger partial charge in [-0.2, -0.15) is 8.42 Å². The van der Waals surface area contributed by atoms with Gasteiger partial charge in [0.25, 0.3) is 10.1 Å². The van der Waals surface area contributed by atoms with E-state index < -0.39 is 10.1 Å². The molecule has 0 saturated heterocycles. The second kappa shape index (κ2) is 3.74. The predicted molar refractivity (Wildman–Crippen MR) is 47.3 cm³/mol. The lowest BCUT2D eigenvalue weighted by molar-refractivity contribution is 0.489. The van der Waals surface area contributed by atoms with Gasteiger partial charge in [-0.15, -0.1) is 0 Å². The summed E-state index contributed by atoms with van der Waals surface area (Å²) in [6, 6.07) is 0. The summed E-state index contributed by atoms with van der Waals surface area (Å²) in [6.45, 7) is 0. The largest absolute Gasteiger partial charge is 0.291 e. The van der Waals surface area contributed by atoms with Gasteiger partial charge in [0.2, 0.25) is 0 Å². The molecule has 5 nitrogen and oxygen atoms in total. The minimum atomic E-state index is -4.35. The van der Waals surface area contributed by atoms with Gasteiger partial charge in [-0.3, -0.25) is 4.55 Å². The Kier molecular flexibility index (Phi) is 2.84. The average molecular weight is 214 g/mol. The maximum Gasteiger partial charge on any atom is 0.291 e. The number of hydrogen-bond acceptors (Lipinski definition) is 4. The fourth-order valence-electron chi connectivity index (χ4n) is 1.10. The first-order valence-corrected chi connectivity index (χ1v) is 5.06. The number of rotatable bonds is 1. The first kappa shape index (κ1) is 10.6. The van der Waals surface area contributed by atoms with E-state index in [9.17, 15) is 18.0 Å². The molecule has 0 unspecified atom stereocenters. The molecule has 1 rings (SSSR count). The Balaban J connectivity index is 3.28. The minimum absolute atomic E-state index is 0.0159. The predicted octanol–water partition coefficient (Wildman–Crippen LogP) is 0.0679. The zero-order valence-electron chi connectivity index (χ0n) is 6.98. The zero-order valence-corrected chi connectivity index (χ0v) is 7.80. The van der Waals surface area contributed by atoms with E-state index in [1.54, 1.807) is 0 Å². The van der Waals surface area contributed by atoms with E-state index in [-0.39, 0.29) is 28.9 Å². The summed E-state index contributed by atoms with van der Waals surface area (Å²) in [6.07, 6.45) is 0.850. The van der Waals surface area contributed by atoms with E-state index in [0.717, 1.165) is 6.08 Å². The summed E-state index contributed by atoms with van der Waals surface area (Å²) in [5, 5.41) is 0. The van der Waals surface area contributed by atoms with Crippen LogP contribution < -0.4 is 0 Å². The van der Waals surface area contributed by atoms with Gasteiger partial charge >= 0.3 is 0 Å². The topological polar surface area (TPSA) is 88.5 Å². The van der Waals surface area contributed by atoms with E-state index >= 15 is 0 Å². The maximum absolute atomic E-state index is 10.7. The van der Waals surface area contributed by atoms with E-state index in [0.29, 0.717) is 0 Å². The molecule has 0 atom stereocenters. The Morgan fingerprint density at radius 2 is 1.86 bits per heavy atom. The number of carbonyl (C=O) groups excluding carboxylic acids is 2. The second-order valence-electron chi connectivity index (χ2n) is 2.77. The van der Waals surface area contributed by atoms with Crippen molar-refractivity contribution in [3.63, 3.8) is 0 Å². The molecular weight excluding hydrogens is 208 g/mol. The Labute approximate surface area is 80.2 Å². The lowest BCUT2D eigenvalue weighted by Crippen LogP contribution is -2.08. The van der Waals surface area contributed by atoms with Gasteiger partial charge in [-0.1, -0.05) is 0 Å². The highest BCUT2D eigenvalue weighted by Crippen LogP contribution is 2.26. The molecule has 14 heavy (non-hydrogen) atoms. The Hall–Kier alpha value is -1.45. The quantitative estimate of drug-likeness (QED) is 0.492. The Morgan fingerprint density at radius 1 is 1.21 bits per heavy atom. The van der Waals surface area contributed by atoms with Gasteiger partial charge in [0.15, 0.2) is 0 Å². The lowest BCUT2D eigenvalue weighted by Gasteiger charge is -2.10. The molecule has 0 heterocycles. The molecule has 0 fully saturated rings. The van der Waals surface area contributed by atoms with Crippen molar-refractivity contribution in [3.8, 4) is 0 Å². The molecule has 0 saturated carbocycles. The molecule has 1 aliphatic carbocycles. The van der Waals surface area contributed by atoms with Crippen LogP contribution in [0.5, 0.6) is 0 Å². The van der Waals surface area contributed by atoms with Crippen LogP contribution in [0.15, 0.2) is 22.1 Å². The van der Waals surface area contributed by atoms with E-state index in [2.05, 4.69) is 0 Å². The van der Waals surface area contributed by atoms with Crippen LogP contribution in [0.3, 0.4) is 0 Å². The average Bonchev–Trinajstić information content (AvgIpc) is 2.15. The van der Waals surface area contributed by atoms with Crippen LogP contribution in [-0.4, -0.2) is 24.9 Å². The van der Waals surface area contributed by atoms with Crippen LogP contribution >= 0.6 is 0 Å². The molecule has 1 aliphatic rings. The van der Waals surface area contributed by atoms with Gasteiger partial charge in [-0.05, 0) is 6.08 Å². The minimum Gasteiger partial charge on any atom is -0.282 e. The van der Waals surface area contributed by atoms with Gasteiger partial charge in [-0.25, -0.2) is 9.59 Å². The SMILES string of the molecule is O=C=C1C=C(S(=O)(=O)O)CC(=C=O)C1. The van der Waals surface area contributed by atoms with Crippen molar-refractivity contribution < 1.29 is 22.6 Å². The Morgan fingerprint density at radius 3 is 2.29 bits per heavy atom. The van der Waals surface area contributed by atoms with Crippen molar-refractivity contribution in [1.29, 1.82) is 0 Å². The van der Waals surface area contributed by atoms with Crippen LogP contribution in [-0.2, 0) is 19.7 Å². The molecule has 1 N–H and O–H groups in total.